The van der Waals surface area contributed by atoms with Crippen LogP contribution in [0.2, 0.25) is 5.02 Å². The van der Waals surface area contributed by atoms with Crippen LogP contribution in [0.15, 0.2) is 53.1 Å². The van der Waals surface area contributed by atoms with Crippen LogP contribution in [0.5, 0.6) is 0 Å². The van der Waals surface area contributed by atoms with E-state index in [1.165, 1.54) is 0 Å². The van der Waals surface area contributed by atoms with Crippen molar-refractivity contribution in [2.24, 2.45) is 0 Å². The maximum absolute atomic E-state index is 5.87. The minimum Gasteiger partial charge on any atom is -0.337 e. The van der Waals surface area contributed by atoms with Crippen LogP contribution >= 0.6 is 11.6 Å². The van der Waals surface area contributed by atoms with E-state index in [0.717, 1.165) is 16.6 Å². The van der Waals surface area contributed by atoms with E-state index in [4.69, 9.17) is 16.1 Å². The summed E-state index contributed by atoms with van der Waals surface area (Å²) in [7, 11) is 0. The molecule has 0 amide bonds. The van der Waals surface area contributed by atoms with Crippen LogP contribution in [0.1, 0.15) is 5.89 Å². The zero-order valence-electron chi connectivity index (χ0n) is 11.3. The molecule has 0 saturated heterocycles. The summed E-state index contributed by atoms with van der Waals surface area (Å²) in [6.07, 6.45) is 0. The molecule has 0 fully saturated rings. The second kappa shape index (κ2) is 5.23. The highest BCUT2D eigenvalue weighted by atomic mass is 35.5. The van der Waals surface area contributed by atoms with Gasteiger partial charge >= 0.3 is 0 Å². The molecule has 2 heterocycles. The Kier molecular flexibility index (Phi) is 3.08. The molecule has 0 aliphatic carbocycles. The highest BCUT2D eigenvalue weighted by Gasteiger charge is 2.11. The monoisotopic (exact) mass is 311 g/mol. The van der Waals surface area contributed by atoms with Crippen molar-refractivity contribution in [1.29, 1.82) is 0 Å². The number of para-hydroxylation sites is 1. The van der Waals surface area contributed by atoms with Crippen molar-refractivity contribution in [2.45, 2.75) is 6.54 Å². The maximum atomic E-state index is 5.87. The summed E-state index contributed by atoms with van der Waals surface area (Å²) in [6, 6.07) is 15.0. The second-order valence-electron chi connectivity index (χ2n) is 4.75. The van der Waals surface area contributed by atoms with E-state index in [-0.39, 0.29) is 0 Å². The number of fused-ring (bicyclic) bond motifs is 1. The van der Waals surface area contributed by atoms with Crippen molar-refractivity contribution in [3.63, 3.8) is 0 Å². The van der Waals surface area contributed by atoms with Gasteiger partial charge in [0.15, 0.2) is 0 Å². The van der Waals surface area contributed by atoms with Gasteiger partial charge in [0.25, 0.3) is 0 Å². The molecule has 22 heavy (non-hydrogen) atoms. The van der Waals surface area contributed by atoms with Crippen LogP contribution < -0.4 is 0 Å². The minimum absolute atomic E-state index is 0.376. The third kappa shape index (κ3) is 2.33. The smallest absolute Gasteiger partial charge is 0.248 e. The van der Waals surface area contributed by atoms with Crippen LogP contribution in [0.3, 0.4) is 0 Å². The molecule has 108 valence electrons. The Bertz CT molecular complexity index is 928. The molecule has 0 radical (unpaired) electrons. The zero-order chi connectivity index (χ0) is 14.9. The Hall–Kier alpha value is -2.73. The van der Waals surface area contributed by atoms with E-state index >= 15 is 0 Å². The number of rotatable bonds is 3. The molecule has 0 spiro atoms. The fraction of sp³-hybridized carbons (Fsp3) is 0.0667. The Morgan fingerprint density at radius 3 is 2.73 bits per heavy atom. The van der Waals surface area contributed by atoms with Crippen LogP contribution in [-0.4, -0.2) is 25.1 Å². The van der Waals surface area contributed by atoms with Gasteiger partial charge in [-0.3, -0.25) is 0 Å². The van der Waals surface area contributed by atoms with Crippen molar-refractivity contribution < 1.29 is 4.52 Å². The average Bonchev–Trinajstić information content (AvgIpc) is 3.16. The van der Waals surface area contributed by atoms with Crippen LogP contribution in [0.25, 0.3) is 22.4 Å². The van der Waals surface area contributed by atoms with E-state index in [2.05, 4.69) is 20.5 Å². The first-order chi connectivity index (χ1) is 10.8. The lowest BCUT2D eigenvalue weighted by Gasteiger charge is -1.96. The van der Waals surface area contributed by atoms with Gasteiger partial charge in [-0.05, 0) is 36.4 Å². The van der Waals surface area contributed by atoms with Gasteiger partial charge < -0.3 is 4.52 Å². The summed E-state index contributed by atoms with van der Waals surface area (Å²) in [5.74, 6) is 0.997. The summed E-state index contributed by atoms with van der Waals surface area (Å²) in [6.45, 7) is 0.376. The third-order valence-electron chi connectivity index (χ3n) is 3.28. The molecule has 0 aliphatic rings. The quantitative estimate of drug-likeness (QED) is 0.581. The summed E-state index contributed by atoms with van der Waals surface area (Å²) in [5.41, 5.74) is 2.61. The number of halogens is 1. The second-order valence-corrected chi connectivity index (χ2v) is 5.19. The van der Waals surface area contributed by atoms with Crippen molar-refractivity contribution >= 4 is 22.6 Å². The number of benzene rings is 2. The highest BCUT2D eigenvalue weighted by Crippen LogP contribution is 2.19. The molecule has 4 aromatic rings. The summed E-state index contributed by atoms with van der Waals surface area (Å²) < 4.78 is 7.02. The fourth-order valence-electron chi connectivity index (χ4n) is 2.20. The van der Waals surface area contributed by atoms with E-state index in [9.17, 15) is 0 Å². The SMILES string of the molecule is Clc1ccc(-c2noc(Cn3nnc4ccccc43)n2)cc1. The van der Waals surface area contributed by atoms with Crippen LogP contribution in [0.4, 0.5) is 0 Å². The van der Waals surface area contributed by atoms with Crippen molar-refractivity contribution in [1.82, 2.24) is 25.1 Å². The van der Waals surface area contributed by atoms with Crippen molar-refractivity contribution in [3.05, 3.63) is 59.4 Å². The predicted molar refractivity (Wildman–Crippen MR) is 81.4 cm³/mol. The Labute approximate surface area is 130 Å². The molecule has 2 aromatic carbocycles. The summed E-state index contributed by atoms with van der Waals surface area (Å²) in [5, 5.41) is 12.9. The normalized spacial score (nSPS) is 11.1. The largest absolute Gasteiger partial charge is 0.337 e. The molecule has 0 N–H and O–H groups in total. The van der Waals surface area contributed by atoms with Crippen molar-refractivity contribution in [2.75, 3.05) is 0 Å². The number of nitrogens with zero attached hydrogens (tertiary/aromatic N) is 5. The zero-order valence-corrected chi connectivity index (χ0v) is 12.1. The van der Waals surface area contributed by atoms with Gasteiger partial charge in [0.05, 0.1) is 5.52 Å². The molecular formula is C15H10ClN5O. The summed E-state index contributed by atoms with van der Waals surface area (Å²) >= 11 is 5.87. The molecule has 2 aromatic heterocycles. The van der Waals surface area contributed by atoms with Gasteiger partial charge in [-0.1, -0.05) is 34.1 Å². The van der Waals surface area contributed by atoms with Crippen LogP contribution in [0, 0.1) is 0 Å². The lowest BCUT2D eigenvalue weighted by atomic mass is 10.2. The minimum atomic E-state index is 0.376. The molecule has 0 unspecified atom stereocenters. The Morgan fingerprint density at radius 1 is 1.05 bits per heavy atom. The molecular weight excluding hydrogens is 302 g/mol. The van der Waals surface area contributed by atoms with Crippen LogP contribution in [-0.2, 0) is 6.54 Å². The Morgan fingerprint density at radius 2 is 1.86 bits per heavy atom. The predicted octanol–water partition coefficient (Wildman–Crippen LogP) is 3.18. The number of hydrogen-bond donors (Lipinski definition) is 0. The lowest BCUT2D eigenvalue weighted by Crippen LogP contribution is -2.02. The van der Waals surface area contributed by atoms with Gasteiger partial charge in [0.1, 0.15) is 12.1 Å². The lowest BCUT2D eigenvalue weighted by molar-refractivity contribution is 0.366. The average molecular weight is 312 g/mol. The molecule has 4 rings (SSSR count). The fourth-order valence-corrected chi connectivity index (χ4v) is 2.32. The van der Waals surface area contributed by atoms with Gasteiger partial charge in [-0.15, -0.1) is 5.10 Å². The number of aromatic nitrogens is 5. The first kappa shape index (κ1) is 13.0. The molecule has 6 nitrogen and oxygen atoms in total. The third-order valence-corrected chi connectivity index (χ3v) is 3.53. The van der Waals surface area contributed by atoms with Gasteiger partial charge in [-0.25, -0.2) is 4.68 Å². The first-order valence-electron chi connectivity index (χ1n) is 6.66. The maximum Gasteiger partial charge on any atom is 0.248 e. The molecule has 0 bridgehead atoms. The van der Waals surface area contributed by atoms with Gasteiger partial charge in [0.2, 0.25) is 11.7 Å². The van der Waals surface area contributed by atoms with Gasteiger partial charge in [0, 0.05) is 10.6 Å². The Balaban J connectivity index is 1.63. The molecule has 7 heteroatoms. The van der Waals surface area contributed by atoms with E-state index in [1.807, 2.05) is 36.4 Å². The number of hydrogen-bond acceptors (Lipinski definition) is 5. The first-order valence-corrected chi connectivity index (χ1v) is 7.04. The molecule has 0 atom stereocenters. The molecule has 0 aliphatic heterocycles. The van der Waals surface area contributed by atoms with Crippen molar-refractivity contribution in [3.8, 4) is 11.4 Å². The highest BCUT2D eigenvalue weighted by molar-refractivity contribution is 6.30. The van der Waals surface area contributed by atoms with Gasteiger partial charge in [-0.2, -0.15) is 4.98 Å². The van der Waals surface area contributed by atoms with E-state index in [1.54, 1.807) is 16.8 Å². The summed E-state index contributed by atoms with van der Waals surface area (Å²) in [4.78, 5) is 4.38. The van der Waals surface area contributed by atoms with E-state index in [0.29, 0.717) is 23.3 Å². The molecule has 0 saturated carbocycles. The van der Waals surface area contributed by atoms with E-state index < -0.39 is 0 Å². The topological polar surface area (TPSA) is 69.6 Å². The standard InChI is InChI=1S/C15H10ClN5O/c16-11-7-5-10(6-8-11)15-17-14(22-19-15)9-21-13-4-2-1-3-12(13)18-20-21/h1-8H,9H2.